The number of rotatable bonds is 3. The Morgan fingerprint density at radius 2 is 2.44 bits per heavy atom. The molecule has 0 saturated carbocycles. The number of aliphatic hydroxyl groups excluding tert-OH is 1. The molecule has 2 atom stereocenters. The predicted octanol–water partition coefficient (Wildman–Crippen LogP) is 0.794. The largest absolute Gasteiger partial charge is 0.396 e. The lowest BCUT2D eigenvalue weighted by Gasteiger charge is -2.35. The number of aliphatic hydroxyl groups is 1. The second-order valence-corrected chi connectivity index (χ2v) is 2.55. The van der Waals surface area contributed by atoms with E-state index in [0.717, 1.165) is 18.9 Å². The summed E-state index contributed by atoms with van der Waals surface area (Å²) < 4.78 is 5.21. The molecule has 1 N–H and O–H groups in total. The Balaban J connectivity index is 2.11. The Morgan fingerprint density at radius 3 is 2.78 bits per heavy atom. The van der Waals surface area contributed by atoms with Gasteiger partial charge in [-0.15, -0.1) is 0 Å². The van der Waals surface area contributed by atoms with Gasteiger partial charge in [-0.05, 0) is 12.8 Å². The van der Waals surface area contributed by atoms with Gasteiger partial charge >= 0.3 is 0 Å². The molecule has 0 amide bonds. The van der Waals surface area contributed by atoms with Gasteiger partial charge in [-0.1, -0.05) is 6.92 Å². The van der Waals surface area contributed by atoms with E-state index in [1.54, 1.807) is 0 Å². The van der Waals surface area contributed by atoms with E-state index in [0.29, 0.717) is 6.10 Å². The highest BCUT2D eigenvalue weighted by molar-refractivity contribution is 4.76. The maximum absolute atomic E-state index is 8.53. The summed E-state index contributed by atoms with van der Waals surface area (Å²) in [5.74, 6) is 0.720. The predicted molar refractivity (Wildman–Crippen MR) is 35.2 cm³/mol. The lowest BCUT2D eigenvalue weighted by molar-refractivity contribution is -0.123. The van der Waals surface area contributed by atoms with E-state index in [-0.39, 0.29) is 6.61 Å². The number of hydrogen-bond acceptors (Lipinski definition) is 2. The molecule has 1 saturated heterocycles. The van der Waals surface area contributed by atoms with E-state index in [1.165, 1.54) is 6.42 Å². The third kappa shape index (κ3) is 1.43. The van der Waals surface area contributed by atoms with Crippen molar-refractivity contribution in [3.63, 3.8) is 0 Å². The van der Waals surface area contributed by atoms with Crippen LogP contribution >= 0.6 is 0 Å². The number of hydrogen-bond donors (Lipinski definition) is 1. The van der Waals surface area contributed by atoms with Crippen molar-refractivity contribution < 1.29 is 9.84 Å². The molecule has 2 unspecified atom stereocenters. The van der Waals surface area contributed by atoms with Crippen molar-refractivity contribution in [3.05, 3.63) is 0 Å². The maximum atomic E-state index is 8.53. The second kappa shape index (κ2) is 3.18. The first-order valence-corrected chi connectivity index (χ1v) is 3.61. The summed E-state index contributed by atoms with van der Waals surface area (Å²) in [7, 11) is 0. The fraction of sp³-hybridized carbons (Fsp3) is 1.00. The van der Waals surface area contributed by atoms with Crippen LogP contribution in [0.2, 0.25) is 0 Å². The average Bonchev–Trinajstić information content (AvgIpc) is 1.82. The molecule has 1 fully saturated rings. The van der Waals surface area contributed by atoms with Crippen LogP contribution < -0.4 is 0 Å². The first kappa shape index (κ1) is 7.03. The molecular weight excluding hydrogens is 116 g/mol. The Hall–Kier alpha value is -0.0800. The zero-order chi connectivity index (χ0) is 6.69. The highest BCUT2D eigenvalue weighted by Crippen LogP contribution is 2.25. The van der Waals surface area contributed by atoms with Crippen molar-refractivity contribution in [2.75, 3.05) is 13.2 Å². The monoisotopic (exact) mass is 130 g/mol. The van der Waals surface area contributed by atoms with E-state index < -0.39 is 0 Å². The molecule has 0 spiro atoms. The third-order valence-electron chi connectivity index (χ3n) is 1.99. The van der Waals surface area contributed by atoms with Crippen LogP contribution in [0.1, 0.15) is 19.8 Å². The van der Waals surface area contributed by atoms with Crippen molar-refractivity contribution in [1.29, 1.82) is 0 Å². The maximum Gasteiger partial charge on any atom is 0.0647 e. The zero-order valence-corrected chi connectivity index (χ0v) is 5.84. The average molecular weight is 130 g/mol. The smallest absolute Gasteiger partial charge is 0.0647 e. The SMILES string of the molecule is CCC1COC1CCO. The van der Waals surface area contributed by atoms with Crippen molar-refractivity contribution >= 4 is 0 Å². The van der Waals surface area contributed by atoms with Crippen LogP contribution in [0.5, 0.6) is 0 Å². The van der Waals surface area contributed by atoms with Gasteiger partial charge in [0, 0.05) is 12.5 Å². The Morgan fingerprint density at radius 1 is 1.67 bits per heavy atom. The van der Waals surface area contributed by atoms with Crippen molar-refractivity contribution in [2.24, 2.45) is 5.92 Å². The molecule has 0 aliphatic carbocycles. The van der Waals surface area contributed by atoms with Gasteiger partial charge in [-0.25, -0.2) is 0 Å². The standard InChI is InChI=1S/C7H14O2/c1-2-6-5-9-7(6)3-4-8/h6-8H,2-5H2,1H3. The van der Waals surface area contributed by atoms with Crippen molar-refractivity contribution in [1.82, 2.24) is 0 Å². The van der Waals surface area contributed by atoms with Gasteiger partial charge in [0.2, 0.25) is 0 Å². The van der Waals surface area contributed by atoms with Crippen molar-refractivity contribution in [2.45, 2.75) is 25.9 Å². The van der Waals surface area contributed by atoms with Crippen LogP contribution in [-0.2, 0) is 4.74 Å². The van der Waals surface area contributed by atoms with Crippen LogP contribution in [0.25, 0.3) is 0 Å². The fourth-order valence-corrected chi connectivity index (χ4v) is 1.20. The topological polar surface area (TPSA) is 29.5 Å². The molecule has 2 nitrogen and oxygen atoms in total. The summed E-state index contributed by atoms with van der Waals surface area (Å²) in [5, 5.41) is 8.53. The minimum Gasteiger partial charge on any atom is -0.396 e. The first-order valence-electron chi connectivity index (χ1n) is 3.61. The van der Waals surface area contributed by atoms with E-state index in [4.69, 9.17) is 9.84 Å². The van der Waals surface area contributed by atoms with Crippen LogP contribution in [0.15, 0.2) is 0 Å². The van der Waals surface area contributed by atoms with E-state index in [1.807, 2.05) is 0 Å². The fourth-order valence-electron chi connectivity index (χ4n) is 1.20. The summed E-state index contributed by atoms with van der Waals surface area (Å²) in [6.45, 7) is 3.33. The molecular formula is C7H14O2. The molecule has 1 heterocycles. The van der Waals surface area contributed by atoms with Gasteiger partial charge in [-0.2, -0.15) is 0 Å². The first-order chi connectivity index (χ1) is 4.38. The van der Waals surface area contributed by atoms with E-state index in [9.17, 15) is 0 Å². The van der Waals surface area contributed by atoms with Crippen LogP contribution in [0.4, 0.5) is 0 Å². The highest BCUT2D eigenvalue weighted by Gasteiger charge is 2.29. The second-order valence-electron chi connectivity index (χ2n) is 2.55. The van der Waals surface area contributed by atoms with Crippen LogP contribution in [0, 0.1) is 5.92 Å². The lowest BCUT2D eigenvalue weighted by Crippen LogP contribution is -2.39. The lowest BCUT2D eigenvalue weighted by atomic mass is 9.93. The third-order valence-corrected chi connectivity index (χ3v) is 1.99. The molecule has 1 aliphatic rings. The normalized spacial score (nSPS) is 34.0. The minimum atomic E-state index is 0.265. The summed E-state index contributed by atoms with van der Waals surface area (Å²) in [6, 6.07) is 0. The Bertz CT molecular complexity index is 81.0. The van der Waals surface area contributed by atoms with Gasteiger partial charge in [0.15, 0.2) is 0 Å². The van der Waals surface area contributed by atoms with Gasteiger partial charge in [-0.3, -0.25) is 0 Å². The van der Waals surface area contributed by atoms with Crippen LogP contribution in [-0.4, -0.2) is 24.4 Å². The molecule has 0 aromatic rings. The summed E-state index contributed by atoms with van der Waals surface area (Å²) in [6.07, 6.45) is 2.36. The van der Waals surface area contributed by atoms with Crippen LogP contribution in [0.3, 0.4) is 0 Å². The van der Waals surface area contributed by atoms with E-state index >= 15 is 0 Å². The molecule has 1 rings (SSSR count). The molecule has 0 bridgehead atoms. The summed E-state index contributed by atoms with van der Waals surface area (Å²) in [5.41, 5.74) is 0. The molecule has 2 heteroatoms. The molecule has 9 heavy (non-hydrogen) atoms. The quantitative estimate of drug-likeness (QED) is 0.612. The molecule has 1 aliphatic heterocycles. The highest BCUT2D eigenvalue weighted by atomic mass is 16.5. The molecule has 0 aromatic heterocycles. The Kier molecular flexibility index (Phi) is 2.49. The summed E-state index contributed by atoms with van der Waals surface area (Å²) in [4.78, 5) is 0. The Labute approximate surface area is 55.8 Å². The molecule has 54 valence electrons. The zero-order valence-electron chi connectivity index (χ0n) is 5.84. The minimum absolute atomic E-state index is 0.265. The van der Waals surface area contributed by atoms with Crippen molar-refractivity contribution in [3.8, 4) is 0 Å². The van der Waals surface area contributed by atoms with Gasteiger partial charge in [0.25, 0.3) is 0 Å². The summed E-state index contributed by atoms with van der Waals surface area (Å²) >= 11 is 0. The van der Waals surface area contributed by atoms with Gasteiger partial charge in [0.1, 0.15) is 0 Å². The molecule has 0 aromatic carbocycles. The van der Waals surface area contributed by atoms with Gasteiger partial charge in [0.05, 0.1) is 12.7 Å². The number of ether oxygens (including phenoxy) is 1. The van der Waals surface area contributed by atoms with E-state index in [2.05, 4.69) is 6.92 Å². The molecule has 0 radical (unpaired) electrons. The van der Waals surface area contributed by atoms with Gasteiger partial charge < -0.3 is 9.84 Å².